The van der Waals surface area contributed by atoms with Crippen molar-refractivity contribution in [2.24, 2.45) is 0 Å². The summed E-state index contributed by atoms with van der Waals surface area (Å²) in [5, 5.41) is 0. The highest BCUT2D eigenvalue weighted by atomic mass is 16.5. The minimum atomic E-state index is 0.675. The molecule has 3 nitrogen and oxygen atoms in total. The molecule has 0 saturated heterocycles. The Labute approximate surface area is 89.5 Å². The zero-order chi connectivity index (χ0) is 10.7. The molecule has 0 unspecified atom stereocenters. The summed E-state index contributed by atoms with van der Waals surface area (Å²) in [6.07, 6.45) is 3.06. The van der Waals surface area contributed by atoms with Crippen molar-refractivity contribution in [3.05, 3.63) is 29.8 Å². The fourth-order valence-electron chi connectivity index (χ4n) is 1.70. The van der Waals surface area contributed by atoms with E-state index in [-0.39, 0.29) is 0 Å². The lowest BCUT2D eigenvalue weighted by molar-refractivity contribution is 0.161. The van der Waals surface area contributed by atoms with Gasteiger partial charge >= 0.3 is 0 Å². The number of anilines is 1. The number of hydrogen-bond acceptors (Lipinski definition) is 3. The lowest BCUT2D eigenvalue weighted by Crippen LogP contribution is -2.04. The van der Waals surface area contributed by atoms with E-state index in [9.17, 15) is 0 Å². The van der Waals surface area contributed by atoms with Crippen molar-refractivity contribution >= 4 is 11.3 Å². The lowest BCUT2D eigenvalue weighted by atomic mass is 10.0. The van der Waals surface area contributed by atoms with Gasteiger partial charge in [-0.2, -0.15) is 0 Å². The topological polar surface area (TPSA) is 44.5 Å². The van der Waals surface area contributed by atoms with Crippen LogP contribution < -0.4 is 10.5 Å². The summed E-state index contributed by atoms with van der Waals surface area (Å²) in [6, 6.07) is 5.88. The minimum absolute atomic E-state index is 0.675. The number of methoxy groups -OCH3 is 1. The van der Waals surface area contributed by atoms with E-state index in [2.05, 4.69) is 6.08 Å². The average Bonchev–Trinajstić information content (AvgIpc) is 2.31. The Bertz CT molecular complexity index is 385. The zero-order valence-electron chi connectivity index (χ0n) is 8.82. The van der Waals surface area contributed by atoms with Gasteiger partial charge in [0.1, 0.15) is 5.75 Å². The third-order valence-corrected chi connectivity index (χ3v) is 2.57. The molecule has 0 aromatic heterocycles. The van der Waals surface area contributed by atoms with E-state index < -0.39 is 0 Å². The van der Waals surface area contributed by atoms with E-state index in [1.807, 2.05) is 18.2 Å². The van der Waals surface area contributed by atoms with Crippen molar-refractivity contribution < 1.29 is 9.47 Å². The van der Waals surface area contributed by atoms with Crippen molar-refractivity contribution in [3.8, 4) is 5.75 Å². The van der Waals surface area contributed by atoms with Crippen molar-refractivity contribution in [2.75, 3.05) is 26.1 Å². The van der Waals surface area contributed by atoms with Crippen LogP contribution in [0.2, 0.25) is 0 Å². The highest BCUT2D eigenvalue weighted by Gasteiger charge is 2.08. The summed E-state index contributed by atoms with van der Waals surface area (Å²) < 4.78 is 10.5. The molecular formula is C12H15NO2. The number of ether oxygens (including phenoxy) is 2. The first-order valence-electron chi connectivity index (χ1n) is 5.02. The first-order valence-corrected chi connectivity index (χ1v) is 5.02. The van der Waals surface area contributed by atoms with E-state index in [0.717, 1.165) is 18.8 Å². The number of benzene rings is 1. The third-order valence-electron chi connectivity index (χ3n) is 2.57. The number of hydrogen-bond donors (Lipinski definition) is 1. The first kappa shape index (κ1) is 10.1. The van der Waals surface area contributed by atoms with Gasteiger partial charge in [0.15, 0.2) is 0 Å². The quantitative estimate of drug-likeness (QED) is 0.752. The van der Waals surface area contributed by atoms with Gasteiger partial charge < -0.3 is 15.2 Å². The van der Waals surface area contributed by atoms with Crippen LogP contribution in [-0.4, -0.2) is 20.3 Å². The normalized spacial score (nSPS) is 15.9. The molecule has 3 heteroatoms. The van der Waals surface area contributed by atoms with E-state index in [4.69, 9.17) is 15.2 Å². The molecule has 0 aliphatic carbocycles. The highest BCUT2D eigenvalue weighted by molar-refractivity contribution is 5.70. The van der Waals surface area contributed by atoms with Crippen LogP contribution in [0.15, 0.2) is 24.3 Å². The Balaban J connectivity index is 2.32. The fourth-order valence-corrected chi connectivity index (χ4v) is 1.70. The molecule has 1 aromatic carbocycles. The number of rotatable bonds is 2. The van der Waals surface area contributed by atoms with Crippen molar-refractivity contribution in [1.29, 1.82) is 0 Å². The molecule has 1 heterocycles. The van der Waals surface area contributed by atoms with Crippen molar-refractivity contribution in [2.45, 2.75) is 6.42 Å². The number of nitrogens with two attached hydrogens (primary N) is 1. The molecule has 0 radical (unpaired) electrons. The molecular weight excluding hydrogens is 190 g/mol. The molecule has 0 spiro atoms. The number of nitrogen functional groups attached to an aromatic ring is 1. The van der Waals surface area contributed by atoms with Crippen LogP contribution in [0, 0.1) is 0 Å². The Morgan fingerprint density at radius 1 is 1.40 bits per heavy atom. The fraction of sp³-hybridized carbons (Fsp3) is 0.333. The van der Waals surface area contributed by atoms with Crippen molar-refractivity contribution in [1.82, 2.24) is 0 Å². The van der Waals surface area contributed by atoms with E-state index in [1.165, 1.54) is 11.1 Å². The Kier molecular flexibility index (Phi) is 2.92. The summed E-state index contributed by atoms with van der Waals surface area (Å²) in [4.78, 5) is 0. The molecule has 80 valence electrons. The summed E-state index contributed by atoms with van der Waals surface area (Å²) in [6.45, 7) is 1.49. The second-order valence-electron chi connectivity index (χ2n) is 3.51. The van der Waals surface area contributed by atoms with E-state index >= 15 is 0 Å². The van der Waals surface area contributed by atoms with Gasteiger partial charge in [-0.15, -0.1) is 0 Å². The molecule has 0 amide bonds. The maximum absolute atomic E-state index is 5.76. The van der Waals surface area contributed by atoms with Crippen LogP contribution in [0.3, 0.4) is 0 Å². The molecule has 15 heavy (non-hydrogen) atoms. The maximum Gasteiger partial charge on any atom is 0.142 e. The zero-order valence-corrected chi connectivity index (χ0v) is 8.82. The van der Waals surface area contributed by atoms with Gasteiger partial charge in [-0.1, -0.05) is 12.1 Å². The van der Waals surface area contributed by atoms with Gasteiger partial charge in [0.25, 0.3) is 0 Å². The summed E-state index contributed by atoms with van der Waals surface area (Å²) >= 11 is 0. The first-order chi connectivity index (χ1) is 7.31. The second-order valence-corrected chi connectivity index (χ2v) is 3.51. The monoisotopic (exact) mass is 205 g/mol. The molecule has 1 aliphatic rings. The summed E-state index contributed by atoms with van der Waals surface area (Å²) in [7, 11) is 1.63. The van der Waals surface area contributed by atoms with Gasteiger partial charge in [-0.05, 0) is 29.7 Å². The standard InChI is InChI=1S/C12H15NO2/c1-14-12-8-10(2-3-11(12)13)9-4-6-15-7-5-9/h2-4,8H,5-7,13H2,1H3. The summed E-state index contributed by atoms with van der Waals surface area (Å²) in [5.41, 5.74) is 8.91. The molecule has 0 atom stereocenters. The Morgan fingerprint density at radius 3 is 2.93 bits per heavy atom. The van der Waals surface area contributed by atoms with Gasteiger partial charge in [0, 0.05) is 0 Å². The van der Waals surface area contributed by atoms with Crippen LogP contribution in [0.1, 0.15) is 12.0 Å². The van der Waals surface area contributed by atoms with E-state index in [0.29, 0.717) is 12.3 Å². The molecule has 1 aromatic rings. The van der Waals surface area contributed by atoms with Crippen LogP contribution in [-0.2, 0) is 4.74 Å². The van der Waals surface area contributed by atoms with Gasteiger partial charge in [-0.3, -0.25) is 0 Å². The molecule has 0 bridgehead atoms. The van der Waals surface area contributed by atoms with Crippen LogP contribution in [0.25, 0.3) is 5.57 Å². The molecule has 0 saturated carbocycles. The van der Waals surface area contributed by atoms with Gasteiger partial charge in [0.2, 0.25) is 0 Å². The maximum atomic E-state index is 5.76. The van der Waals surface area contributed by atoms with Crippen molar-refractivity contribution in [3.63, 3.8) is 0 Å². The molecule has 1 aliphatic heterocycles. The predicted molar refractivity (Wildman–Crippen MR) is 60.8 cm³/mol. The average molecular weight is 205 g/mol. The third kappa shape index (κ3) is 2.13. The highest BCUT2D eigenvalue weighted by Crippen LogP contribution is 2.28. The summed E-state index contributed by atoms with van der Waals surface area (Å²) in [5.74, 6) is 0.736. The Morgan fingerprint density at radius 2 is 2.27 bits per heavy atom. The molecule has 2 rings (SSSR count). The SMILES string of the molecule is COc1cc(C2=CCOCC2)ccc1N. The van der Waals surface area contributed by atoms with Crippen LogP contribution >= 0.6 is 0 Å². The van der Waals surface area contributed by atoms with Crippen LogP contribution in [0.4, 0.5) is 5.69 Å². The lowest BCUT2D eigenvalue weighted by Gasteiger charge is -2.15. The predicted octanol–water partition coefficient (Wildman–Crippen LogP) is 2.08. The van der Waals surface area contributed by atoms with Gasteiger partial charge in [-0.25, -0.2) is 0 Å². The van der Waals surface area contributed by atoms with Crippen LogP contribution in [0.5, 0.6) is 5.75 Å². The minimum Gasteiger partial charge on any atom is -0.495 e. The Hall–Kier alpha value is -1.48. The molecule has 2 N–H and O–H groups in total. The van der Waals surface area contributed by atoms with E-state index in [1.54, 1.807) is 7.11 Å². The largest absolute Gasteiger partial charge is 0.495 e. The van der Waals surface area contributed by atoms with Gasteiger partial charge in [0.05, 0.1) is 26.0 Å². The molecule has 0 fully saturated rings. The smallest absolute Gasteiger partial charge is 0.142 e. The second kappa shape index (κ2) is 4.36.